The number of carbonyl (C=O) groups excluding carboxylic acids is 2. The molecule has 2 heterocycles. The monoisotopic (exact) mass is 543 g/mol. The van der Waals surface area contributed by atoms with Crippen molar-refractivity contribution in [1.29, 1.82) is 0 Å². The quantitative estimate of drug-likeness (QED) is 0.229. The third-order valence-electron chi connectivity index (χ3n) is 7.03. The highest BCUT2D eigenvalue weighted by Crippen LogP contribution is 2.29. The summed E-state index contributed by atoms with van der Waals surface area (Å²) in [7, 11) is 0. The first-order valence-corrected chi connectivity index (χ1v) is 13.6. The molecule has 0 spiro atoms. The number of carbonyl (C=O) groups is 2. The maximum Gasteiger partial charge on any atom is 0.339 e. The van der Waals surface area contributed by atoms with Crippen LogP contribution in [0.5, 0.6) is 11.5 Å². The normalized spacial score (nSPS) is 12.9. The summed E-state index contributed by atoms with van der Waals surface area (Å²) in [4.78, 5) is 33.4. The molecule has 0 bridgehead atoms. The average Bonchev–Trinajstić information content (AvgIpc) is 3.01. The van der Waals surface area contributed by atoms with Gasteiger partial charge < -0.3 is 14.8 Å². The van der Waals surface area contributed by atoms with Crippen molar-refractivity contribution in [3.8, 4) is 11.5 Å². The zero-order valence-corrected chi connectivity index (χ0v) is 22.5. The van der Waals surface area contributed by atoms with Crippen LogP contribution in [-0.4, -0.2) is 34.9 Å². The molecule has 6 rings (SSSR count). The van der Waals surface area contributed by atoms with E-state index in [-0.39, 0.29) is 0 Å². The lowest BCUT2D eigenvalue weighted by molar-refractivity contribution is -0.119. The zero-order valence-electron chi connectivity index (χ0n) is 22.5. The van der Waals surface area contributed by atoms with Crippen LogP contribution in [0.3, 0.4) is 0 Å². The second kappa shape index (κ2) is 12.0. The molecule has 1 aliphatic heterocycles. The number of hydrogen-bond donors (Lipinski definition) is 1. The van der Waals surface area contributed by atoms with Crippen LogP contribution in [0.1, 0.15) is 27.2 Å². The summed E-state index contributed by atoms with van der Waals surface area (Å²) in [6, 6.07) is 34.3. The van der Waals surface area contributed by atoms with Crippen molar-refractivity contribution in [3.63, 3.8) is 0 Å². The van der Waals surface area contributed by atoms with Gasteiger partial charge in [0.25, 0.3) is 5.91 Å². The second-order valence-corrected chi connectivity index (χ2v) is 9.94. The number of para-hydroxylation sites is 2. The van der Waals surface area contributed by atoms with Gasteiger partial charge in [-0.25, -0.2) is 4.79 Å². The Bertz CT molecular complexity index is 1670. The number of nitrogens with one attached hydrogen (secondary N) is 1. The van der Waals surface area contributed by atoms with Gasteiger partial charge >= 0.3 is 5.97 Å². The van der Waals surface area contributed by atoms with E-state index >= 15 is 0 Å². The molecule has 1 amide bonds. The number of pyridine rings is 1. The van der Waals surface area contributed by atoms with Crippen molar-refractivity contribution in [2.24, 2.45) is 0 Å². The van der Waals surface area contributed by atoms with E-state index in [4.69, 9.17) is 14.5 Å². The molecule has 0 radical (unpaired) electrons. The van der Waals surface area contributed by atoms with E-state index in [0.717, 1.165) is 47.4 Å². The highest BCUT2D eigenvalue weighted by Gasteiger charge is 2.27. The number of amides is 1. The number of fused-ring (bicyclic) bond motifs is 2. The van der Waals surface area contributed by atoms with Gasteiger partial charge in [-0.15, -0.1) is 0 Å². The molecular formula is C34H29N3O4. The number of anilines is 1. The minimum atomic E-state index is -0.525. The van der Waals surface area contributed by atoms with Gasteiger partial charge in [-0.05, 0) is 48.0 Å². The standard InChI is InChI=1S/C34H29N3O4/c38-32(35-25-15-17-27(18-16-25)41-26-11-5-2-6-12-26)23-40-34(39)33-28-13-7-8-14-30(28)36-31-19-20-37(22-29(31)33)21-24-9-3-1-4-10-24/h1-18H,19-23H2,(H,35,38). The Balaban J connectivity index is 1.14. The molecule has 5 aromatic rings. The molecule has 1 N–H and O–H groups in total. The molecular weight excluding hydrogens is 514 g/mol. The SMILES string of the molecule is O=C(COC(=O)c1c2c(nc3ccccc13)CCN(Cc1ccccc1)C2)Nc1ccc(Oc2ccccc2)cc1. The lowest BCUT2D eigenvalue weighted by Gasteiger charge is -2.30. The van der Waals surface area contributed by atoms with Crippen LogP contribution in [0.15, 0.2) is 109 Å². The Morgan fingerprint density at radius 1 is 0.805 bits per heavy atom. The van der Waals surface area contributed by atoms with Crippen LogP contribution in [0.25, 0.3) is 10.9 Å². The summed E-state index contributed by atoms with van der Waals surface area (Å²) in [5.74, 6) is 0.428. The van der Waals surface area contributed by atoms with E-state index in [0.29, 0.717) is 23.5 Å². The Hall–Kier alpha value is -5.01. The van der Waals surface area contributed by atoms with Gasteiger partial charge in [-0.1, -0.05) is 66.7 Å². The number of nitrogens with zero attached hydrogens (tertiary/aromatic N) is 2. The smallest absolute Gasteiger partial charge is 0.339 e. The fraction of sp³-hybridized carbons (Fsp3) is 0.147. The number of rotatable bonds is 8. The van der Waals surface area contributed by atoms with E-state index in [9.17, 15) is 9.59 Å². The van der Waals surface area contributed by atoms with E-state index < -0.39 is 18.5 Å². The largest absolute Gasteiger partial charge is 0.457 e. The molecule has 0 saturated carbocycles. The lowest BCUT2D eigenvalue weighted by atomic mass is 9.95. The highest BCUT2D eigenvalue weighted by atomic mass is 16.5. The Morgan fingerprint density at radius 3 is 2.27 bits per heavy atom. The number of ether oxygens (including phenoxy) is 2. The van der Waals surface area contributed by atoms with Crippen molar-refractivity contribution in [2.75, 3.05) is 18.5 Å². The minimum absolute atomic E-state index is 0.403. The molecule has 7 heteroatoms. The minimum Gasteiger partial charge on any atom is -0.457 e. The summed E-state index contributed by atoms with van der Waals surface area (Å²) in [5.41, 5.74) is 4.79. The molecule has 0 unspecified atom stereocenters. The van der Waals surface area contributed by atoms with Gasteiger partial charge in [0.1, 0.15) is 11.5 Å². The van der Waals surface area contributed by atoms with Gasteiger partial charge in [0.2, 0.25) is 0 Å². The number of esters is 1. The van der Waals surface area contributed by atoms with Crippen LogP contribution >= 0.6 is 0 Å². The molecule has 1 aromatic heterocycles. The third-order valence-corrected chi connectivity index (χ3v) is 7.03. The Kier molecular flexibility index (Phi) is 7.69. The fourth-order valence-corrected chi connectivity index (χ4v) is 5.09. The highest BCUT2D eigenvalue weighted by molar-refractivity contribution is 6.06. The van der Waals surface area contributed by atoms with Crippen molar-refractivity contribution in [1.82, 2.24) is 9.88 Å². The zero-order chi connectivity index (χ0) is 28.0. The molecule has 1 aliphatic rings. The summed E-state index contributed by atoms with van der Waals surface area (Å²) >= 11 is 0. The average molecular weight is 544 g/mol. The summed E-state index contributed by atoms with van der Waals surface area (Å²) in [5, 5.41) is 3.51. The predicted molar refractivity (Wildman–Crippen MR) is 158 cm³/mol. The summed E-state index contributed by atoms with van der Waals surface area (Å²) in [6.45, 7) is 1.80. The van der Waals surface area contributed by atoms with E-state index in [1.807, 2.05) is 72.8 Å². The molecule has 41 heavy (non-hydrogen) atoms. The number of aromatic nitrogens is 1. The first kappa shape index (κ1) is 26.2. The van der Waals surface area contributed by atoms with Crippen molar-refractivity contribution >= 4 is 28.5 Å². The van der Waals surface area contributed by atoms with Gasteiger partial charge in [-0.2, -0.15) is 0 Å². The molecule has 0 saturated heterocycles. The van der Waals surface area contributed by atoms with Crippen LogP contribution in [-0.2, 0) is 29.0 Å². The van der Waals surface area contributed by atoms with Gasteiger partial charge in [-0.3, -0.25) is 14.7 Å². The summed E-state index contributed by atoms with van der Waals surface area (Å²) < 4.78 is 11.4. The Morgan fingerprint density at radius 2 is 1.49 bits per heavy atom. The second-order valence-electron chi connectivity index (χ2n) is 9.94. The summed E-state index contributed by atoms with van der Waals surface area (Å²) in [6.07, 6.45) is 0.734. The van der Waals surface area contributed by atoms with E-state index in [1.54, 1.807) is 24.3 Å². The molecule has 7 nitrogen and oxygen atoms in total. The van der Waals surface area contributed by atoms with Crippen LogP contribution in [0.4, 0.5) is 5.69 Å². The first-order chi connectivity index (χ1) is 20.1. The van der Waals surface area contributed by atoms with Crippen molar-refractivity contribution < 1.29 is 19.1 Å². The maximum atomic E-state index is 13.5. The molecule has 0 aliphatic carbocycles. The third kappa shape index (κ3) is 6.26. The topological polar surface area (TPSA) is 80.8 Å². The van der Waals surface area contributed by atoms with Gasteiger partial charge in [0.15, 0.2) is 6.61 Å². The van der Waals surface area contributed by atoms with Crippen LogP contribution in [0, 0.1) is 0 Å². The van der Waals surface area contributed by atoms with E-state index in [1.165, 1.54) is 5.56 Å². The van der Waals surface area contributed by atoms with Crippen LogP contribution < -0.4 is 10.1 Å². The van der Waals surface area contributed by atoms with E-state index in [2.05, 4.69) is 22.3 Å². The van der Waals surface area contributed by atoms with Gasteiger partial charge in [0, 0.05) is 48.4 Å². The molecule has 0 fully saturated rings. The van der Waals surface area contributed by atoms with Crippen molar-refractivity contribution in [3.05, 3.63) is 132 Å². The first-order valence-electron chi connectivity index (χ1n) is 13.6. The fourth-order valence-electron chi connectivity index (χ4n) is 5.09. The molecule has 0 atom stereocenters. The molecule has 4 aromatic carbocycles. The lowest BCUT2D eigenvalue weighted by Crippen LogP contribution is -2.32. The maximum absolute atomic E-state index is 13.5. The van der Waals surface area contributed by atoms with Gasteiger partial charge in [0.05, 0.1) is 11.1 Å². The number of benzene rings is 4. The van der Waals surface area contributed by atoms with Crippen LogP contribution in [0.2, 0.25) is 0 Å². The predicted octanol–water partition coefficient (Wildman–Crippen LogP) is 6.38. The Labute approximate surface area is 238 Å². The van der Waals surface area contributed by atoms with Crippen molar-refractivity contribution in [2.45, 2.75) is 19.5 Å². The molecule has 204 valence electrons. The number of hydrogen-bond acceptors (Lipinski definition) is 6.